The van der Waals surface area contributed by atoms with Crippen molar-refractivity contribution in [3.05, 3.63) is 36.4 Å². The number of phenols is 1. The van der Waals surface area contributed by atoms with Crippen molar-refractivity contribution in [2.75, 3.05) is 19.8 Å². The molecular formula is C12H16O3. The Morgan fingerprint density at radius 2 is 1.93 bits per heavy atom. The lowest BCUT2D eigenvalue weighted by Crippen LogP contribution is -2.07. The van der Waals surface area contributed by atoms with Gasteiger partial charge in [-0.05, 0) is 31.2 Å². The van der Waals surface area contributed by atoms with E-state index in [0.717, 1.165) is 11.3 Å². The molecular weight excluding hydrogens is 192 g/mol. The zero-order valence-electron chi connectivity index (χ0n) is 8.90. The number of benzene rings is 1. The molecule has 0 atom stereocenters. The Balaban J connectivity index is 2.15. The van der Waals surface area contributed by atoms with Crippen molar-refractivity contribution >= 4 is 0 Å². The summed E-state index contributed by atoms with van der Waals surface area (Å²) in [5.74, 6) is 0.965. The molecule has 0 fully saturated rings. The van der Waals surface area contributed by atoms with E-state index >= 15 is 0 Å². The average molecular weight is 208 g/mol. The Kier molecular flexibility index (Phi) is 4.71. The number of rotatable bonds is 6. The van der Waals surface area contributed by atoms with Gasteiger partial charge in [0.05, 0.1) is 13.2 Å². The Morgan fingerprint density at radius 3 is 2.53 bits per heavy atom. The lowest BCUT2D eigenvalue weighted by atomic mass is 10.3. The van der Waals surface area contributed by atoms with Gasteiger partial charge in [-0.1, -0.05) is 12.2 Å². The Labute approximate surface area is 90.0 Å². The molecule has 0 aliphatic rings. The van der Waals surface area contributed by atoms with Crippen molar-refractivity contribution in [3.63, 3.8) is 0 Å². The lowest BCUT2D eigenvalue weighted by Gasteiger charge is -2.06. The van der Waals surface area contributed by atoms with Gasteiger partial charge in [0.15, 0.2) is 0 Å². The van der Waals surface area contributed by atoms with Crippen LogP contribution in [0.4, 0.5) is 0 Å². The minimum Gasteiger partial charge on any atom is -0.508 e. The monoisotopic (exact) mass is 208 g/mol. The third-order valence-corrected chi connectivity index (χ3v) is 1.68. The van der Waals surface area contributed by atoms with Gasteiger partial charge in [-0.25, -0.2) is 0 Å². The molecule has 0 radical (unpaired) electrons. The SMILES string of the molecule is C=C(C)COCCOc1ccc(O)cc1. The van der Waals surface area contributed by atoms with E-state index in [-0.39, 0.29) is 5.75 Å². The van der Waals surface area contributed by atoms with Gasteiger partial charge in [0.2, 0.25) is 0 Å². The lowest BCUT2D eigenvalue weighted by molar-refractivity contribution is 0.117. The molecule has 0 heterocycles. The molecule has 0 spiro atoms. The van der Waals surface area contributed by atoms with Gasteiger partial charge in [-0.15, -0.1) is 0 Å². The van der Waals surface area contributed by atoms with E-state index in [1.165, 1.54) is 0 Å². The Morgan fingerprint density at radius 1 is 1.27 bits per heavy atom. The number of aromatic hydroxyl groups is 1. The summed E-state index contributed by atoms with van der Waals surface area (Å²) in [5, 5.41) is 9.04. The van der Waals surface area contributed by atoms with Crippen LogP contribution in [0, 0.1) is 0 Å². The number of hydrogen-bond acceptors (Lipinski definition) is 3. The summed E-state index contributed by atoms with van der Waals surface area (Å²) in [6.07, 6.45) is 0. The predicted molar refractivity (Wildman–Crippen MR) is 59.2 cm³/mol. The minimum atomic E-state index is 0.237. The topological polar surface area (TPSA) is 38.7 Å². The molecule has 0 aliphatic carbocycles. The van der Waals surface area contributed by atoms with E-state index in [1.807, 2.05) is 6.92 Å². The van der Waals surface area contributed by atoms with Crippen LogP contribution in [-0.4, -0.2) is 24.9 Å². The van der Waals surface area contributed by atoms with E-state index in [4.69, 9.17) is 14.6 Å². The van der Waals surface area contributed by atoms with Gasteiger partial charge < -0.3 is 14.6 Å². The molecule has 1 aromatic carbocycles. The average Bonchev–Trinajstić information content (AvgIpc) is 2.20. The number of hydrogen-bond donors (Lipinski definition) is 1. The van der Waals surface area contributed by atoms with E-state index < -0.39 is 0 Å². The van der Waals surface area contributed by atoms with Crippen LogP contribution in [0.3, 0.4) is 0 Å². The van der Waals surface area contributed by atoms with E-state index in [0.29, 0.717) is 19.8 Å². The summed E-state index contributed by atoms with van der Waals surface area (Å²) in [7, 11) is 0. The third kappa shape index (κ3) is 5.08. The number of phenolic OH excluding ortho intramolecular Hbond substituents is 1. The first-order valence-corrected chi connectivity index (χ1v) is 4.82. The smallest absolute Gasteiger partial charge is 0.119 e. The Hall–Kier alpha value is -1.48. The van der Waals surface area contributed by atoms with Crippen molar-refractivity contribution in [3.8, 4) is 11.5 Å². The van der Waals surface area contributed by atoms with Crippen molar-refractivity contribution in [2.45, 2.75) is 6.92 Å². The highest BCUT2D eigenvalue weighted by Gasteiger charge is 1.94. The van der Waals surface area contributed by atoms with Crippen molar-refractivity contribution < 1.29 is 14.6 Å². The molecule has 1 aromatic rings. The maximum absolute atomic E-state index is 9.04. The quantitative estimate of drug-likeness (QED) is 0.576. The van der Waals surface area contributed by atoms with Crippen LogP contribution >= 0.6 is 0 Å². The van der Waals surface area contributed by atoms with Crippen LogP contribution in [0.2, 0.25) is 0 Å². The van der Waals surface area contributed by atoms with Gasteiger partial charge >= 0.3 is 0 Å². The van der Waals surface area contributed by atoms with E-state index in [9.17, 15) is 0 Å². The molecule has 0 amide bonds. The van der Waals surface area contributed by atoms with Crippen LogP contribution < -0.4 is 4.74 Å². The fourth-order valence-corrected chi connectivity index (χ4v) is 1.01. The molecule has 3 nitrogen and oxygen atoms in total. The zero-order valence-corrected chi connectivity index (χ0v) is 8.90. The first kappa shape index (κ1) is 11.6. The summed E-state index contributed by atoms with van der Waals surface area (Å²) < 4.78 is 10.6. The van der Waals surface area contributed by atoms with Crippen LogP contribution in [0.25, 0.3) is 0 Å². The van der Waals surface area contributed by atoms with Crippen LogP contribution in [0.15, 0.2) is 36.4 Å². The van der Waals surface area contributed by atoms with Gasteiger partial charge in [0, 0.05) is 0 Å². The summed E-state index contributed by atoms with van der Waals surface area (Å²) in [6, 6.07) is 6.61. The van der Waals surface area contributed by atoms with Gasteiger partial charge in [0.1, 0.15) is 18.1 Å². The van der Waals surface area contributed by atoms with E-state index in [1.54, 1.807) is 24.3 Å². The molecule has 0 saturated carbocycles. The second-order valence-electron chi connectivity index (χ2n) is 3.35. The molecule has 1 rings (SSSR count). The fourth-order valence-electron chi connectivity index (χ4n) is 1.01. The molecule has 0 aliphatic heterocycles. The fraction of sp³-hybridized carbons (Fsp3) is 0.333. The highest BCUT2D eigenvalue weighted by molar-refractivity contribution is 5.29. The molecule has 82 valence electrons. The highest BCUT2D eigenvalue weighted by atomic mass is 16.5. The molecule has 0 bridgehead atoms. The van der Waals surface area contributed by atoms with Gasteiger partial charge in [-0.2, -0.15) is 0 Å². The van der Waals surface area contributed by atoms with Crippen molar-refractivity contribution in [1.29, 1.82) is 0 Å². The van der Waals surface area contributed by atoms with Crippen molar-refractivity contribution in [2.24, 2.45) is 0 Å². The summed E-state index contributed by atoms with van der Waals surface area (Å²) in [4.78, 5) is 0. The summed E-state index contributed by atoms with van der Waals surface area (Å²) in [6.45, 7) is 7.25. The van der Waals surface area contributed by atoms with Crippen LogP contribution in [-0.2, 0) is 4.74 Å². The predicted octanol–water partition coefficient (Wildman–Crippen LogP) is 2.36. The normalized spacial score (nSPS) is 9.93. The largest absolute Gasteiger partial charge is 0.508 e. The first-order chi connectivity index (χ1) is 7.18. The maximum atomic E-state index is 9.04. The second-order valence-corrected chi connectivity index (χ2v) is 3.35. The number of ether oxygens (including phenoxy) is 2. The molecule has 0 unspecified atom stereocenters. The van der Waals surface area contributed by atoms with Gasteiger partial charge in [-0.3, -0.25) is 0 Å². The van der Waals surface area contributed by atoms with Crippen LogP contribution in [0.1, 0.15) is 6.92 Å². The second kappa shape index (κ2) is 6.09. The van der Waals surface area contributed by atoms with Gasteiger partial charge in [0.25, 0.3) is 0 Å². The molecule has 0 saturated heterocycles. The molecule has 3 heteroatoms. The highest BCUT2D eigenvalue weighted by Crippen LogP contribution is 2.15. The molecule has 15 heavy (non-hydrogen) atoms. The maximum Gasteiger partial charge on any atom is 0.119 e. The standard InChI is InChI=1S/C12H16O3/c1-10(2)9-14-7-8-15-12-5-3-11(13)4-6-12/h3-6,13H,1,7-9H2,2H3. The molecule has 1 N–H and O–H groups in total. The summed E-state index contributed by atoms with van der Waals surface area (Å²) in [5.41, 5.74) is 1.000. The van der Waals surface area contributed by atoms with E-state index in [2.05, 4.69) is 6.58 Å². The minimum absolute atomic E-state index is 0.237. The zero-order chi connectivity index (χ0) is 11.1. The first-order valence-electron chi connectivity index (χ1n) is 4.82. The molecule has 0 aromatic heterocycles. The van der Waals surface area contributed by atoms with Crippen LogP contribution in [0.5, 0.6) is 11.5 Å². The van der Waals surface area contributed by atoms with Crippen molar-refractivity contribution in [1.82, 2.24) is 0 Å². The Bertz CT molecular complexity index is 303. The third-order valence-electron chi connectivity index (χ3n) is 1.68. The summed E-state index contributed by atoms with van der Waals surface area (Å²) >= 11 is 0.